The molecule has 44 heavy (non-hydrogen) atoms. The molecule has 2 aliphatic rings. The Balaban J connectivity index is 1.25. The van der Waals surface area contributed by atoms with Crippen molar-refractivity contribution < 1.29 is 29.1 Å². The van der Waals surface area contributed by atoms with E-state index in [-0.39, 0.29) is 43.3 Å². The second kappa shape index (κ2) is 13.4. The average molecular weight is 625 g/mol. The number of thiazole rings is 1. The van der Waals surface area contributed by atoms with Crippen LogP contribution in [0.3, 0.4) is 0 Å². The van der Waals surface area contributed by atoms with E-state index in [1.807, 2.05) is 67.3 Å². The number of piperazine rings is 1. The normalized spacial score (nSPS) is 20.6. The number of carbonyl (C=O) groups excluding carboxylic acids is 2. The molecule has 0 spiro atoms. The first kappa shape index (κ1) is 31.6. The average Bonchev–Trinajstić information content (AvgIpc) is 3.73. The predicted molar refractivity (Wildman–Crippen MR) is 165 cm³/mol. The Morgan fingerprint density at radius 1 is 1.11 bits per heavy atom. The number of carboxylic acids is 1. The molecule has 2 fully saturated rings. The van der Waals surface area contributed by atoms with Gasteiger partial charge in [0.1, 0.15) is 12.0 Å². The molecule has 2 aliphatic heterocycles. The third-order valence-electron chi connectivity index (χ3n) is 8.45. The molecule has 2 aromatic heterocycles. The van der Waals surface area contributed by atoms with Crippen molar-refractivity contribution in [3.63, 3.8) is 0 Å². The highest BCUT2D eigenvalue weighted by Gasteiger charge is 2.43. The molecule has 4 heterocycles. The van der Waals surface area contributed by atoms with Gasteiger partial charge in [0.25, 0.3) is 0 Å². The summed E-state index contributed by atoms with van der Waals surface area (Å²) in [5.74, 6) is -1.31. The highest BCUT2D eigenvalue weighted by atomic mass is 32.1. The lowest BCUT2D eigenvalue weighted by Crippen LogP contribution is -2.48. The number of hydrogen-bond donors (Lipinski definition) is 3. The largest absolute Gasteiger partial charge is 0.480 e. The van der Waals surface area contributed by atoms with Gasteiger partial charge >= 0.3 is 5.97 Å². The zero-order valence-corrected chi connectivity index (χ0v) is 26.3. The minimum atomic E-state index is -0.856. The Morgan fingerprint density at radius 2 is 1.82 bits per heavy atom. The quantitative estimate of drug-likeness (QED) is 0.307. The van der Waals surface area contributed by atoms with E-state index in [9.17, 15) is 19.5 Å². The van der Waals surface area contributed by atoms with Crippen LogP contribution in [0.2, 0.25) is 0 Å². The Hall–Kier alpha value is -3.81. The van der Waals surface area contributed by atoms with E-state index < -0.39 is 24.0 Å². The zero-order chi connectivity index (χ0) is 31.5. The van der Waals surface area contributed by atoms with E-state index in [0.717, 1.165) is 21.7 Å². The molecular formula is C31H40N6O6S. The number of hydrogen-bond acceptors (Lipinski definition) is 10. The van der Waals surface area contributed by atoms with Crippen molar-refractivity contribution in [1.29, 1.82) is 0 Å². The van der Waals surface area contributed by atoms with Crippen LogP contribution in [-0.2, 0) is 14.4 Å². The van der Waals surface area contributed by atoms with Crippen molar-refractivity contribution in [2.24, 2.45) is 5.92 Å². The number of benzene rings is 1. The SMILES string of the molecule is Cc1ncsc1-c1ccc([C@H](C)NC(=O)[C@@H]2C[C@@H](O)CN2C(=O)[C@@H](c2cc(N3CCN(CC(=O)O)CC3)no2)C(C)C)cc1. The maximum atomic E-state index is 14.0. The lowest BCUT2D eigenvalue weighted by molar-refractivity contribution is -0.141. The molecule has 0 radical (unpaired) electrons. The maximum Gasteiger partial charge on any atom is 0.317 e. The molecule has 2 amide bonds. The molecule has 3 aromatic rings. The van der Waals surface area contributed by atoms with E-state index in [1.165, 1.54) is 4.90 Å². The molecule has 4 atom stereocenters. The topological polar surface area (TPSA) is 152 Å². The number of rotatable bonds is 10. The summed E-state index contributed by atoms with van der Waals surface area (Å²) in [4.78, 5) is 49.3. The number of β-amino-alcohol motifs (C(OH)–C–C–N with tert-alkyl or cyclic N) is 1. The fraction of sp³-hybridized carbons (Fsp3) is 0.516. The van der Waals surface area contributed by atoms with Crippen molar-refractivity contribution in [2.75, 3.05) is 44.2 Å². The molecule has 3 N–H and O–H groups in total. The number of aromatic nitrogens is 2. The molecule has 0 saturated carbocycles. The number of likely N-dealkylation sites (tertiary alicyclic amines) is 1. The Kier molecular flexibility index (Phi) is 9.66. The molecule has 12 nitrogen and oxygen atoms in total. The molecule has 236 valence electrons. The molecule has 2 saturated heterocycles. The van der Waals surface area contributed by atoms with Gasteiger partial charge in [-0.05, 0) is 30.9 Å². The minimum absolute atomic E-state index is 0.00342. The molecule has 0 aliphatic carbocycles. The fourth-order valence-corrected chi connectivity index (χ4v) is 6.83. The van der Waals surface area contributed by atoms with Crippen molar-refractivity contribution in [3.8, 4) is 10.4 Å². The number of carboxylic acid groups (broad SMARTS) is 1. The molecule has 1 aromatic carbocycles. The van der Waals surface area contributed by atoms with Crippen LogP contribution in [0.1, 0.15) is 56.2 Å². The van der Waals surface area contributed by atoms with Crippen molar-refractivity contribution >= 4 is 34.9 Å². The number of anilines is 1. The van der Waals surface area contributed by atoms with Crippen LogP contribution in [0.5, 0.6) is 0 Å². The van der Waals surface area contributed by atoms with Crippen LogP contribution < -0.4 is 10.2 Å². The lowest BCUT2D eigenvalue weighted by atomic mass is 9.91. The number of aliphatic hydroxyl groups excluding tert-OH is 1. The van der Waals surface area contributed by atoms with Gasteiger partial charge in [-0.3, -0.25) is 19.3 Å². The van der Waals surface area contributed by atoms with E-state index in [2.05, 4.69) is 15.5 Å². The summed E-state index contributed by atoms with van der Waals surface area (Å²) in [5, 5.41) is 26.9. The van der Waals surface area contributed by atoms with Gasteiger partial charge < -0.3 is 29.9 Å². The highest BCUT2D eigenvalue weighted by Crippen LogP contribution is 2.33. The second-order valence-electron chi connectivity index (χ2n) is 12.0. The Morgan fingerprint density at radius 3 is 2.43 bits per heavy atom. The van der Waals surface area contributed by atoms with Crippen LogP contribution in [0.4, 0.5) is 5.82 Å². The van der Waals surface area contributed by atoms with Gasteiger partial charge in [0.2, 0.25) is 11.8 Å². The second-order valence-corrected chi connectivity index (χ2v) is 12.8. The summed E-state index contributed by atoms with van der Waals surface area (Å²) in [6.07, 6.45) is -0.659. The molecule has 13 heteroatoms. The maximum absolute atomic E-state index is 14.0. The first-order valence-electron chi connectivity index (χ1n) is 15.0. The first-order valence-corrected chi connectivity index (χ1v) is 15.8. The number of aliphatic carboxylic acids is 1. The third-order valence-corrected chi connectivity index (χ3v) is 9.43. The predicted octanol–water partition coefficient (Wildman–Crippen LogP) is 2.89. The standard InChI is InChI=1S/C31H40N6O6S/c1-18(2)28(25-14-26(34-43-25)36-11-9-35(10-12-36)16-27(39)40)31(42)37-15-23(38)13-24(37)30(41)33-19(3)21-5-7-22(8-6-21)29-20(4)32-17-44-29/h5-8,14,17-19,23-24,28,38H,9-13,15-16H2,1-4H3,(H,33,41)(H,39,40)/t19-,23+,24-,28+/m0/s1. The van der Waals surface area contributed by atoms with Gasteiger partial charge in [-0.1, -0.05) is 43.3 Å². The summed E-state index contributed by atoms with van der Waals surface area (Å²) in [6.45, 7) is 10.1. The number of carbonyl (C=O) groups is 3. The van der Waals surface area contributed by atoms with Gasteiger partial charge in [-0.2, -0.15) is 0 Å². The number of nitrogens with one attached hydrogen (secondary N) is 1. The van der Waals surface area contributed by atoms with Gasteiger partial charge in [-0.15, -0.1) is 11.3 Å². The van der Waals surface area contributed by atoms with Crippen LogP contribution in [0, 0.1) is 12.8 Å². The minimum Gasteiger partial charge on any atom is -0.480 e. The number of nitrogens with zero attached hydrogens (tertiary/aromatic N) is 5. The zero-order valence-electron chi connectivity index (χ0n) is 25.5. The number of aryl methyl sites for hydroxylation is 1. The summed E-state index contributed by atoms with van der Waals surface area (Å²) in [7, 11) is 0. The van der Waals surface area contributed by atoms with Gasteiger partial charge in [0, 0.05) is 45.2 Å². The molecule has 0 unspecified atom stereocenters. The number of aliphatic hydroxyl groups is 1. The van der Waals surface area contributed by atoms with Crippen LogP contribution in [-0.4, -0.2) is 99.4 Å². The molecule has 0 bridgehead atoms. The van der Waals surface area contributed by atoms with Crippen molar-refractivity contribution in [2.45, 2.75) is 58.2 Å². The third kappa shape index (κ3) is 6.95. The van der Waals surface area contributed by atoms with E-state index in [1.54, 1.807) is 17.4 Å². The summed E-state index contributed by atoms with van der Waals surface area (Å²) >= 11 is 1.59. The van der Waals surface area contributed by atoms with Crippen LogP contribution in [0.25, 0.3) is 10.4 Å². The Bertz CT molecular complexity index is 1460. The van der Waals surface area contributed by atoms with Crippen LogP contribution >= 0.6 is 11.3 Å². The van der Waals surface area contributed by atoms with Crippen molar-refractivity contribution in [1.82, 2.24) is 25.3 Å². The van der Waals surface area contributed by atoms with Gasteiger partial charge in [0.05, 0.1) is 34.8 Å². The molecular weight excluding hydrogens is 584 g/mol. The van der Waals surface area contributed by atoms with E-state index in [0.29, 0.717) is 37.8 Å². The van der Waals surface area contributed by atoms with Crippen molar-refractivity contribution in [3.05, 3.63) is 52.9 Å². The first-order chi connectivity index (χ1) is 21.0. The van der Waals surface area contributed by atoms with E-state index in [4.69, 9.17) is 9.63 Å². The smallest absolute Gasteiger partial charge is 0.317 e. The van der Waals surface area contributed by atoms with Gasteiger partial charge in [-0.25, -0.2) is 4.98 Å². The Labute approximate surface area is 260 Å². The summed E-state index contributed by atoms with van der Waals surface area (Å²) in [5.41, 5.74) is 4.80. The monoisotopic (exact) mass is 624 g/mol. The van der Waals surface area contributed by atoms with Crippen LogP contribution in [0.15, 0.2) is 40.4 Å². The highest BCUT2D eigenvalue weighted by molar-refractivity contribution is 7.13. The summed E-state index contributed by atoms with van der Waals surface area (Å²) < 4.78 is 5.69. The van der Waals surface area contributed by atoms with E-state index >= 15 is 0 Å². The summed E-state index contributed by atoms with van der Waals surface area (Å²) in [6, 6.07) is 8.64. The fourth-order valence-electron chi connectivity index (χ4n) is 6.02. The van der Waals surface area contributed by atoms with Gasteiger partial charge in [0.15, 0.2) is 11.6 Å². The number of amides is 2. The molecule has 5 rings (SSSR count). The lowest BCUT2D eigenvalue weighted by Gasteiger charge is -2.33.